The predicted octanol–water partition coefficient (Wildman–Crippen LogP) is 13.0. The number of nitrogens with zero attached hydrogens (tertiary/aromatic N) is 2. The van der Waals surface area contributed by atoms with E-state index in [9.17, 15) is 0 Å². The van der Waals surface area contributed by atoms with Gasteiger partial charge in [-0.2, -0.15) is 0 Å². The van der Waals surface area contributed by atoms with Gasteiger partial charge in [-0.3, -0.25) is 0 Å². The van der Waals surface area contributed by atoms with Crippen LogP contribution >= 0.6 is 0 Å². The zero-order chi connectivity index (χ0) is 33.9. The summed E-state index contributed by atoms with van der Waals surface area (Å²) >= 11 is 0. The molecule has 2 aromatic heterocycles. The number of benzene rings is 7. The molecule has 2 nitrogen and oxygen atoms in total. The van der Waals surface area contributed by atoms with Crippen LogP contribution in [0, 0.1) is 6.92 Å². The van der Waals surface area contributed by atoms with Gasteiger partial charge in [-0.25, -0.2) is 0 Å². The summed E-state index contributed by atoms with van der Waals surface area (Å²) in [6.07, 6.45) is 6.76. The quantitative estimate of drug-likeness (QED) is 0.175. The molecule has 2 heterocycles. The Morgan fingerprint density at radius 1 is 0.431 bits per heavy atom. The van der Waals surface area contributed by atoms with Gasteiger partial charge in [-0.05, 0) is 113 Å². The fourth-order valence-electron chi connectivity index (χ4n) is 8.34. The number of fused-ring (bicyclic) bond motifs is 6. The van der Waals surface area contributed by atoms with E-state index in [1.165, 1.54) is 94.3 Å². The molecule has 2 heteroatoms. The van der Waals surface area contributed by atoms with Gasteiger partial charge in [0.15, 0.2) is 0 Å². The van der Waals surface area contributed by atoms with E-state index in [0.29, 0.717) is 0 Å². The van der Waals surface area contributed by atoms with Crippen LogP contribution in [0.2, 0.25) is 0 Å². The number of aryl methyl sites for hydroxylation is 1. The van der Waals surface area contributed by atoms with Crippen molar-refractivity contribution in [2.45, 2.75) is 19.8 Å². The van der Waals surface area contributed by atoms with Crippen molar-refractivity contribution >= 4 is 38.8 Å². The number of allylic oxidation sites excluding steroid dienone is 1. The Morgan fingerprint density at radius 2 is 1.02 bits per heavy atom. The fraction of sp³-hybridized carbons (Fsp3) is 0.0612. The lowest BCUT2D eigenvalue weighted by molar-refractivity contribution is 0.889. The van der Waals surface area contributed by atoms with Crippen molar-refractivity contribution in [2.24, 2.45) is 0 Å². The summed E-state index contributed by atoms with van der Waals surface area (Å²) < 4.78 is 4.94. The average molecular weight is 653 g/mol. The first-order valence-corrected chi connectivity index (χ1v) is 17.9. The van der Waals surface area contributed by atoms with E-state index in [1.807, 2.05) is 0 Å². The van der Waals surface area contributed by atoms with Gasteiger partial charge in [-0.1, -0.05) is 121 Å². The minimum atomic E-state index is 1.03. The van der Waals surface area contributed by atoms with Gasteiger partial charge in [0.2, 0.25) is 0 Å². The van der Waals surface area contributed by atoms with Crippen LogP contribution in [0.25, 0.3) is 83.5 Å². The molecule has 0 aliphatic heterocycles. The summed E-state index contributed by atoms with van der Waals surface area (Å²) in [5.41, 5.74) is 17.5. The zero-order valence-corrected chi connectivity index (χ0v) is 28.6. The lowest BCUT2D eigenvalue weighted by Gasteiger charge is -2.14. The molecular formula is C49H36N2. The smallest absolute Gasteiger partial charge is 0.0570 e. The van der Waals surface area contributed by atoms with Crippen LogP contribution in [0.15, 0.2) is 170 Å². The van der Waals surface area contributed by atoms with Crippen molar-refractivity contribution < 1.29 is 0 Å². The Kier molecular flexibility index (Phi) is 6.89. The Hall–Kier alpha value is -6.38. The van der Waals surface area contributed by atoms with Crippen LogP contribution in [-0.2, 0) is 6.42 Å². The third-order valence-electron chi connectivity index (χ3n) is 10.7. The monoisotopic (exact) mass is 652 g/mol. The predicted molar refractivity (Wildman–Crippen MR) is 216 cm³/mol. The summed E-state index contributed by atoms with van der Waals surface area (Å²) in [7, 11) is 0. The molecule has 0 radical (unpaired) electrons. The third-order valence-corrected chi connectivity index (χ3v) is 10.7. The Bertz CT molecular complexity index is 2790. The first kappa shape index (κ1) is 29.5. The summed E-state index contributed by atoms with van der Waals surface area (Å²) in [4.78, 5) is 0. The second kappa shape index (κ2) is 11.9. The molecule has 1 aliphatic rings. The highest BCUT2D eigenvalue weighted by atomic mass is 15.0. The zero-order valence-electron chi connectivity index (χ0n) is 28.6. The molecule has 0 N–H and O–H groups in total. The molecule has 10 rings (SSSR count). The van der Waals surface area contributed by atoms with E-state index in [4.69, 9.17) is 0 Å². The Labute approximate surface area is 298 Å². The van der Waals surface area contributed by atoms with Crippen LogP contribution in [0.5, 0.6) is 0 Å². The largest absolute Gasteiger partial charge is 0.313 e. The van der Waals surface area contributed by atoms with E-state index in [0.717, 1.165) is 12.8 Å². The summed E-state index contributed by atoms with van der Waals surface area (Å²) in [6, 6.07) is 60.0. The highest BCUT2D eigenvalue weighted by Crippen LogP contribution is 2.41. The molecule has 51 heavy (non-hydrogen) atoms. The summed E-state index contributed by atoms with van der Waals surface area (Å²) in [5.74, 6) is 0. The maximum Gasteiger partial charge on any atom is 0.0570 e. The van der Waals surface area contributed by atoms with E-state index >= 15 is 0 Å². The van der Waals surface area contributed by atoms with E-state index in [2.05, 4.69) is 192 Å². The molecule has 7 aromatic carbocycles. The third kappa shape index (κ3) is 4.87. The van der Waals surface area contributed by atoms with E-state index in [-0.39, 0.29) is 0 Å². The second-order valence-corrected chi connectivity index (χ2v) is 13.7. The first-order valence-electron chi connectivity index (χ1n) is 17.9. The van der Waals surface area contributed by atoms with Gasteiger partial charge in [0.05, 0.1) is 16.6 Å². The number of para-hydroxylation sites is 1. The van der Waals surface area contributed by atoms with Crippen LogP contribution in [-0.4, -0.2) is 9.13 Å². The van der Waals surface area contributed by atoms with Crippen molar-refractivity contribution in [1.29, 1.82) is 0 Å². The highest BCUT2D eigenvalue weighted by molar-refractivity contribution is 6.12. The molecule has 9 aromatic rings. The minimum Gasteiger partial charge on any atom is -0.313 e. The fourth-order valence-corrected chi connectivity index (χ4v) is 8.34. The van der Waals surface area contributed by atoms with Gasteiger partial charge in [0, 0.05) is 38.8 Å². The molecule has 0 saturated heterocycles. The Balaban J connectivity index is 1.13. The highest BCUT2D eigenvalue weighted by Gasteiger charge is 2.21. The molecule has 0 atom stereocenters. The van der Waals surface area contributed by atoms with Gasteiger partial charge in [-0.15, -0.1) is 0 Å². The summed E-state index contributed by atoms with van der Waals surface area (Å²) in [6.45, 7) is 2.27. The topological polar surface area (TPSA) is 9.86 Å². The molecule has 0 unspecified atom stereocenters. The minimum absolute atomic E-state index is 1.03. The standard InChI is InChI=1S/C49H36N2/c1-33-28-39(32-45-43-23-9-11-25-47(43)51(49(33)45)41-21-13-19-37(30-41)35-16-6-3-7-17-35)38-26-27-48-44(31-38)42-22-8-10-24-46(42)50(48)40-20-12-18-36(29-40)34-14-4-2-5-15-34/h2-9,11-23,25-32H,10,24H2,1H3. The van der Waals surface area contributed by atoms with Crippen molar-refractivity contribution in [3.8, 4) is 44.8 Å². The number of rotatable bonds is 5. The molecule has 0 amide bonds. The first-order chi connectivity index (χ1) is 25.2. The van der Waals surface area contributed by atoms with E-state index in [1.54, 1.807) is 0 Å². The van der Waals surface area contributed by atoms with Crippen LogP contribution in [0.4, 0.5) is 0 Å². The normalized spacial score (nSPS) is 12.6. The molecule has 0 saturated carbocycles. The van der Waals surface area contributed by atoms with Gasteiger partial charge in [0.1, 0.15) is 0 Å². The number of aromatic nitrogens is 2. The lowest BCUT2D eigenvalue weighted by atomic mass is 9.96. The van der Waals surface area contributed by atoms with Crippen molar-refractivity contribution in [2.75, 3.05) is 0 Å². The maximum absolute atomic E-state index is 2.50. The Morgan fingerprint density at radius 3 is 1.75 bits per heavy atom. The molecule has 0 bridgehead atoms. The van der Waals surface area contributed by atoms with Gasteiger partial charge < -0.3 is 9.13 Å². The second-order valence-electron chi connectivity index (χ2n) is 13.7. The van der Waals surface area contributed by atoms with Gasteiger partial charge in [0.25, 0.3) is 0 Å². The summed E-state index contributed by atoms with van der Waals surface area (Å²) in [5, 5.41) is 3.86. The number of hydrogen-bond acceptors (Lipinski definition) is 0. The molecular weight excluding hydrogens is 617 g/mol. The number of hydrogen-bond donors (Lipinski definition) is 0. The van der Waals surface area contributed by atoms with Crippen LogP contribution < -0.4 is 0 Å². The van der Waals surface area contributed by atoms with Crippen LogP contribution in [0.3, 0.4) is 0 Å². The van der Waals surface area contributed by atoms with E-state index < -0.39 is 0 Å². The van der Waals surface area contributed by atoms with Crippen molar-refractivity contribution in [3.63, 3.8) is 0 Å². The SMILES string of the molecule is Cc1cc(-c2ccc3c(c2)c2c(n3-c3cccc(-c4ccccc4)c3)CCC=C2)cc2c3ccccc3n(-c3cccc(-c4ccccc4)c3)c12. The molecule has 0 fully saturated rings. The average Bonchev–Trinajstić information content (AvgIpc) is 3.72. The maximum atomic E-state index is 2.50. The molecule has 0 spiro atoms. The van der Waals surface area contributed by atoms with Crippen molar-refractivity contribution in [1.82, 2.24) is 9.13 Å². The molecule has 242 valence electrons. The van der Waals surface area contributed by atoms with Gasteiger partial charge >= 0.3 is 0 Å². The lowest BCUT2D eigenvalue weighted by Crippen LogP contribution is -2.03. The van der Waals surface area contributed by atoms with Crippen LogP contribution in [0.1, 0.15) is 23.2 Å². The van der Waals surface area contributed by atoms with Crippen molar-refractivity contribution in [3.05, 3.63) is 187 Å². The molecule has 1 aliphatic carbocycles.